The molecule has 0 saturated heterocycles. The monoisotopic (exact) mass is 275 g/mol. The van der Waals surface area contributed by atoms with Gasteiger partial charge in [0, 0.05) is 11.7 Å². The second kappa shape index (κ2) is 6.17. The standard InChI is InChI=1S/C14H20F3NO/c1-9(2)7-10(3)18-13-6-5-11(19-4)8-12(13)14(15,16)17/h5-6,8-10,18H,7H2,1-4H3. The van der Waals surface area contributed by atoms with Gasteiger partial charge >= 0.3 is 6.18 Å². The van der Waals surface area contributed by atoms with Crippen molar-refractivity contribution in [2.24, 2.45) is 5.92 Å². The number of ether oxygens (including phenoxy) is 1. The zero-order valence-electron chi connectivity index (χ0n) is 11.6. The zero-order valence-corrected chi connectivity index (χ0v) is 11.6. The van der Waals surface area contributed by atoms with Gasteiger partial charge in [-0.05, 0) is 37.5 Å². The fraction of sp³-hybridized carbons (Fsp3) is 0.571. The number of anilines is 1. The quantitative estimate of drug-likeness (QED) is 0.850. The number of alkyl halides is 3. The van der Waals surface area contributed by atoms with Crippen LogP contribution in [0, 0.1) is 5.92 Å². The highest BCUT2D eigenvalue weighted by molar-refractivity contribution is 5.56. The summed E-state index contributed by atoms with van der Waals surface area (Å²) in [6.45, 7) is 5.96. The molecule has 2 nitrogen and oxygen atoms in total. The lowest BCUT2D eigenvalue weighted by Gasteiger charge is -2.21. The molecule has 0 bridgehead atoms. The van der Waals surface area contributed by atoms with Crippen LogP contribution in [0.5, 0.6) is 5.75 Å². The number of halogens is 3. The third kappa shape index (κ3) is 4.65. The highest BCUT2D eigenvalue weighted by Crippen LogP contribution is 2.37. The molecule has 108 valence electrons. The average molecular weight is 275 g/mol. The second-order valence-electron chi connectivity index (χ2n) is 5.08. The molecule has 0 spiro atoms. The van der Waals surface area contributed by atoms with Crippen LogP contribution in [0.3, 0.4) is 0 Å². The van der Waals surface area contributed by atoms with Crippen LogP contribution in [0.4, 0.5) is 18.9 Å². The molecule has 1 rings (SSSR count). The molecule has 0 heterocycles. The Balaban J connectivity index is 3.00. The number of hydrogen-bond donors (Lipinski definition) is 1. The molecule has 0 radical (unpaired) electrons. The van der Waals surface area contributed by atoms with Gasteiger partial charge in [0.1, 0.15) is 5.75 Å². The summed E-state index contributed by atoms with van der Waals surface area (Å²) in [7, 11) is 1.35. The van der Waals surface area contributed by atoms with E-state index >= 15 is 0 Å². The van der Waals surface area contributed by atoms with Gasteiger partial charge in [0.25, 0.3) is 0 Å². The van der Waals surface area contributed by atoms with Crippen LogP contribution < -0.4 is 10.1 Å². The molecule has 0 fully saturated rings. The van der Waals surface area contributed by atoms with Crippen LogP contribution in [-0.4, -0.2) is 13.2 Å². The van der Waals surface area contributed by atoms with Gasteiger partial charge in [-0.3, -0.25) is 0 Å². The Labute approximate surface area is 112 Å². The minimum Gasteiger partial charge on any atom is -0.497 e. The smallest absolute Gasteiger partial charge is 0.418 e. The Hall–Kier alpha value is -1.39. The molecule has 1 unspecified atom stereocenters. The van der Waals surface area contributed by atoms with Crippen molar-refractivity contribution in [2.75, 3.05) is 12.4 Å². The minimum absolute atomic E-state index is 0.0190. The molecular formula is C14H20F3NO. The van der Waals surface area contributed by atoms with Crippen molar-refractivity contribution in [3.8, 4) is 5.75 Å². The predicted octanol–water partition coefficient (Wildman–Crippen LogP) is 4.56. The van der Waals surface area contributed by atoms with E-state index in [1.807, 2.05) is 20.8 Å². The highest BCUT2D eigenvalue weighted by Gasteiger charge is 2.34. The molecule has 1 aromatic rings. The van der Waals surface area contributed by atoms with E-state index in [0.717, 1.165) is 12.5 Å². The summed E-state index contributed by atoms with van der Waals surface area (Å²) in [5.74, 6) is 0.629. The van der Waals surface area contributed by atoms with E-state index < -0.39 is 11.7 Å². The fourth-order valence-electron chi connectivity index (χ4n) is 2.04. The Kier molecular flexibility index (Phi) is 5.09. The van der Waals surface area contributed by atoms with Gasteiger partial charge in [0.15, 0.2) is 0 Å². The largest absolute Gasteiger partial charge is 0.497 e. The number of rotatable bonds is 5. The molecular weight excluding hydrogens is 255 g/mol. The van der Waals surface area contributed by atoms with Crippen LogP contribution in [-0.2, 0) is 6.18 Å². The van der Waals surface area contributed by atoms with Crippen molar-refractivity contribution in [3.63, 3.8) is 0 Å². The van der Waals surface area contributed by atoms with E-state index in [1.54, 1.807) is 0 Å². The van der Waals surface area contributed by atoms with Crippen molar-refractivity contribution in [3.05, 3.63) is 23.8 Å². The first kappa shape index (κ1) is 15.7. The van der Waals surface area contributed by atoms with Crippen LogP contribution in [0.15, 0.2) is 18.2 Å². The summed E-state index contributed by atoms with van der Waals surface area (Å²) >= 11 is 0. The first-order valence-corrected chi connectivity index (χ1v) is 6.25. The average Bonchev–Trinajstić information content (AvgIpc) is 2.26. The molecule has 5 heteroatoms. The molecule has 0 aliphatic rings. The van der Waals surface area contributed by atoms with Crippen LogP contribution in [0.2, 0.25) is 0 Å². The predicted molar refractivity (Wildman–Crippen MR) is 70.5 cm³/mol. The lowest BCUT2D eigenvalue weighted by molar-refractivity contribution is -0.137. The maximum atomic E-state index is 13.0. The molecule has 0 saturated carbocycles. The minimum atomic E-state index is -4.39. The Morgan fingerprint density at radius 2 is 1.84 bits per heavy atom. The fourth-order valence-corrected chi connectivity index (χ4v) is 2.04. The van der Waals surface area contributed by atoms with Crippen molar-refractivity contribution < 1.29 is 17.9 Å². The topological polar surface area (TPSA) is 21.3 Å². The normalized spacial score (nSPS) is 13.5. The van der Waals surface area contributed by atoms with Gasteiger partial charge in [-0.2, -0.15) is 13.2 Å². The van der Waals surface area contributed by atoms with Gasteiger partial charge in [0.05, 0.1) is 12.7 Å². The Morgan fingerprint density at radius 3 is 2.32 bits per heavy atom. The summed E-state index contributed by atoms with van der Waals surface area (Å²) in [6.07, 6.45) is -3.59. The maximum absolute atomic E-state index is 13.0. The number of benzene rings is 1. The van der Waals surface area contributed by atoms with Gasteiger partial charge in [0.2, 0.25) is 0 Å². The van der Waals surface area contributed by atoms with Crippen LogP contribution >= 0.6 is 0 Å². The lowest BCUT2D eigenvalue weighted by Crippen LogP contribution is -2.20. The van der Waals surface area contributed by atoms with E-state index in [9.17, 15) is 13.2 Å². The SMILES string of the molecule is COc1ccc(NC(C)CC(C)C)c(C(F)(F)F)c1. The van der Waals surface area contributed by atoms with Crippen molar-refractivity contribution in [1.29, 1.82) is 0 Å². The molecule has 0 amide bonds. The maximum Gasteiger partial charge on any atom is 0.418 e. The lowest BCUT2D eigenvalue weighted by atomic mass is 10.0. The van der Waals surface area contributed by atoms with Gasteiger partial charge in [-0.15, -0.1) is 0 Å². The van der Waals surface area contributed by atoms with E-state index in [0.29, 0.717) is 5.92 Å². The first-order valence-electron chi connectivity index (χ1n) is 6.25. The summed E-state index contributed by atoms with van der Waals surface area (Å²) in [5, 5.41) is 2.92. The second-order valence-corrected chi connectivity index (χ2v) is 5.08. The first-order chi connectivity index (χ1) is 8.74. The molecule has 0 aliphatic heterocycles. The van der Waals surface area contributed by atoms with E-state index in [2.05, 4.69) is 5.32 Å². The summed E-state index contributed by atoms with van der Waals surface area (Å²) in [5.41, 5.74) is -0.594. The van der Waals surface area contributed by atoms with Gasteiger partial charge in [-0.25, -0.2) is 0 Å². The third-order valence-electron chi connectivity index (χ3n) is 2.76. The number of hydrogen-bond acceptors (Lipinski definition) is 2. The molecule has 1 aromatic carbocycles. The van der Waals surface area contributed by atoms with Gasteiger partial charge < -0.3 is 10.1 Å². The molecule has 1 N–H and O–H groups in total. The molecule has 0 aromatic heterocycles. The van der Waals surface area contributed by atoms with Crippen molar-refractivity contribution >= 4 is 5.69 Å². The highest BCUT2D eigenvalue weighted by atomic mass is 19.4. The Morgan fingerprint density at radius 1 is 1.21 bits per heavy atom. The molecule has 19 heavy (non-hydrogen) atoms. The number of nitrogens with one attached hydrogen (secondary N) is 1. The zero-order chi connectivity index (χ0) is 14.6. The third-order valence-corrected chi connectivity index (χ3v) is 2.76. The number of methoxy groups -OCH3 is 1. The molecule has 1 atom stereocenters. The molecule has 0 aliphatic carbocycles. The van der Waals surface area contributed by atoms with Gasteiger partial charge in [-0.1, -0.05) is 13.8 Å². The van der Waals surface area contributed by atoms with E-state index in [4.69, 9.17) is 4.74 Å². The summed E-state index contributed by atoms with van der Waals surface area (Å²) in [6, 6.07) is 3.94. The summed E-state index contributed by atoms with van der Waals surface area (Å²) < 4.78 is 43.8. The van der Waals surface area contributed by atoms with E-state index in [1.165, 1.54) is 19.2 Å². The van der Waals surface area contributed by atoms with Crippen LogP contribution in [0.1, 0.15) is 32.8 Å². The Bertz CT molecular complexity index is 416. The van der Waals surface area contributed by atoms with Crippen molar-refractivity contribution in [2.45, 2.75) is 39.4 Å². The van der Waals surface area contributed by atoms with E-state index in [-0.39, 0.29) is 17.5 Å². The van der Waals surface area contributed by atoms with Crippen LogP contribution in [0.25, 0.3) is 0 Å². The summed E-state index contributed by atoms with van der Waals surface area (Å²) in [4.78, 5) is 0. The van der Waals surface area contributed by atoms with Crippen molar-refractivity contribution in [1.82, 2.24) is 0 Å².